The Hall–Kier alpha value is -1.94. The topological polar surface area (TPSA) is 39.2 Å². The van der Waals surface area contributed by atoms with Gasteiger partial charge < -0.3 is 4.74 Å². The Bertz CT molecular complexity index is 546. The summed E-state index contributed by atoms with van der Waals surface area (Å²) in [5.74, 6) is 0. The number of nitrogens with zero attached hydrogens (tertiary/aromatic N) is 1. The number of hydrogen-bond donors (Lipinski definition) is 0. The zero-order chi connectivity index (χ0) is 12.1. The molecule has 2 heterocycles. The second kappa shape index (κ2) is 5.41. The van der Waals surface area contributed by atoms with Crippen LogP contribution >= 0.6 is 11.3 Å². The van der Waals surface area contributed by atoms with Crippen LogP contribution in [0.1, 0.15) is 10.6 Å². The van der Waals surface area contributed by atoms with Crippen molar-refractivity contribution in [1.29, 1.82) is 0 Å². The van der Waals surface area contributed by atoms with Crippen molar-refractivity contribution in [2.45, 2.75) is 6.92 Å². The number of hydrogen-bond acceptors (Lipinski definition) is 4. The minimum absolute atomic E-state index is 0.400. The second-order valence-corrected chi connectivity index (χ2v) is 4.54. The quantitative estimate of drug-likeness (QED) is 0.613. The highest BCUT2D eigenvalue weighted by molar-refractivity contribution is 7.16. The van der Waals surface area contributed by atoms with E-state index in [0.29, 0.717) is 6.47 Å². The van der Waals surface area contributed by atoms with Crippen molar-refractivity contribution in [1.82, 2.24) is 4.98 Å². The Labute approximate surface area is 103 Å². The van der Waals surface area contributed by atoms with E-state index in [2.05, 4.69) is 9.72 Å². The molecule has 0 N–H and O–H groups in total. The third-order valence-electron chi connectivity index (χ3n) is 2.17. The summed E-state index contributed by atoms with van der Waals surface area (Å²) >= 11 is 1.63. The van der Waals surface area contributed by atoms with E-state index in [0.717, 1.165) is 16.1 Å². The summed E-state index contributed by atoms with van der Waals surface area (Å²) in [4.78, 5) is 16.4. The van der Waals surface area contributed by atoms with Gasteiger partial charge in [0.05, 0.1) is 6.26 Å². The fourth-order valence-electron chi connectivity index (χ4n) is 1.43. The van der Waals surface area contributed by atoms with Crippen molar-refractivity contribution in [3.63, 3.8) is 0 Å². The van der Waals surface area contributed by atoms with E-state index in [1.165, 1.54) is 11.1 Å². The standard InChI is InChI=1S/C13H11NO2S/c1-10-8-11(4-6-14-10)13-3-2-12(17-13)5-7-16-9-15/h2-9H,1H3/b7-5+. The van der Waals surface area contributed by atoms with E-state index in [4.69, 9.17) is 0 Å². The van der Waals surface area contributed by atoms with E-state index in [-0.39, 0.29) is 0 Å². The lowest BCUT2D eigenvalue weighted by molar-refractivity contribution is -0.123. The van der Waals surface area contributed by atoms with Gasteiger partial charge in [0.1, 0.15) is 0 Å². The highest BCUT2D eigenvalue weighted by Crippen LogP contribution is 2.28. The molecule has 2 aromatic rings. The lowest BCUT2D eigenvalue weighted by Gasteiger charge is -1.97. The highest BCUT2D eigenvalue weighted by Gasteiger charge is 2.01. The first-order chi connectivity index (χ1) is 8.29. The molecule has 0 fully saturated rings. The van der Waals surface area contributed by atoms with Crippen molar-refractivity contribution < 1.29 is 9.53 Å². The Balaban J connectivity index is 2.21. The third kappa shape index (κ3) is 3.01. The molecule has 0 spiro atoms. The van der Waals surface area contributed by atoms with Gasteiger partial charge >= 0.3 is 0 Å². The Kier molecular flexibility index (Phi) is 3.67. The number of carbonyl (C=O) groups excluding carboxylic acids is 1. The number of aromatic nitrogens is 1. The van der Waals surface area contributed by atoms with Gasteiger partial charge in [-0.1, -0.05) is 0 Å². The summed E-state index contributed by atoms with van der Waals surface area (Å²) in [7, 11) is 0. The lowest BCUT2D eigenvalue weighted by atomic mass is 10.2. The van der Waals surface area contributed by atoms with Crippen LogP contribution in [0.15, 0.2) is 36.7 Å². The maximum absolute atomic E-state index is 9.98. The molecule has 0 atom stereocenters. The predicted octanol–water partition coefficient (Wildman–Crippen LogP) is 3.26. The van der Waals surface area contributed by atoms with Gasteiger partial charge in [0.2, 0.25) is 0 Å². The average molecular weight is 245 g/mol. The summed E-state index contributed by atoms with van der Waals surface area (Å²) in [6.07, 6.45) is 4.94. The highest BCUT2D eigenvalue weighted by atomic mass is 32.1. The smallest absolute Gasteiger partial charge is 0.297 e. The largest absolute Gasteiger partial charge is 0.437 e. The van der Waals surface area contributed by atoms with Crippen molar-refractivity contribution >= 4 is 23.9 Å². The molecule has 4 heteroatoms. The summed E-state index contributed by atoms with van der Waals surface area (Å²) in [6, 6.07) is 8.05. The first-order valence-corrected chi connectivity index (χ1v) is 5.90. The third-order valence-corrected chi connectivity index (χ3v) is 3.27. The van der Waals surface area contributed by atoms with Crippen molar-refractivity contribution in [2.75, 3.05) is 0 Å². The SMILES string of the molecule is Cc1cc(-c2ccc(/C=C/OC=O)s2)ccn1. The fraction of sp³-hybridized carbons (Fsp3) is 0.0769. The number of aryl methyl sites for hydroxylation is 1. The molecule has 0 saturated heterocycles. The Morgan fingerprint density at radius 1 is 1.35 bits per heavy atom. The zero-order valence-corrected chi connectivity index (χ0v) is 10.1. The van der Waals surface area contributed by atoms with Crippen LogP contribution in [0.25, 0.3) is 16.5 Å². The predicted molar refractivity (Wildman–Crippen MR) is 68.5 cm³/mol. The molecule has 3 nitrogen and oxygen atoms in total. The number of rotatable bonds is 4. The van der Waals surface area contributed by atoms with E-state index >= 15 is 0 Å². The van der Waals surface area contributed by atoms with E-state index < -0.39 is 0 Å². The minimum Gasteiger partial charge on any atom is -0.437 e. The maximum Gasteiger partial charge on any atom is 0.297 e. The molecule has 2 aromatic heterocycles. The normalized spacial score (nSPS) is 10.6. The molecule has 0 aliphatic heterocycles. The van der Waals surface area contributed by atoms with Gasteiger partial charge in [0.25, 0.3) is 6.47 Å². The Morgan fingerprint density at radius 3 is 3.00 bits per heavy atom. The van der Waals surface area contributed by atoms with Crippen LogP contribution in [0.3, 0.4) is 0 Å². The van der Waals surface area contributed by atoms with Crippen LogP contribution < -0.4 is 0 Å². The van der Waals surface area contributed by atoms with Gasteiger partial charge in [0.15, 0.2) is 0 Å². The van der Waals surface area contributed by atoms with Gasteiger partial charge in [0, 0.05) is 21.6 Å². The summed E-state index contributed by atoms with van der Waals surface area (Å²) < 4.78 is 4.51. The van der Waals surface area contributed by atoms with Crippen LogP contribution in [-0.4, -0.2) is 11.5 Å². The summed E-state index contributed by atoms with van der Waals surface area (Å²) in [6.45, 7) is 2.37. The molecule has 0 bridgehead atoms. The number of ether oxygens (including phenoxy) is 1. The van der Waals surface area contributed by atoms with Gasteiger partial charge in [-0.25, -0.2) is 0 Å². The molecule has 86 valence electrons. The van der Waals surface area contributed by atoms with Gasteiger partial charge in [-0.15, -0.1) is 11.3 Å². The molecule has 0 aromatic carbocycles. The van der Waals surface area contributed by atoms with Gasteiger partial charge in [-0.3, -0.25) is 9.78 Å². The van der Waals surface area contributed by atoms with Crippen LogP contribution in [-0.2, 0) is 9.53 Å². The molecule has 0 aliphatic carbocycles. The van der Waals surface area contributed by atoms with E-state index in [1.807, 2.05) is 31.2 Å². The minimum atomic E-state index is 0.400. The van der Waals surface area contributed by atoms with Crippen LogP contribution in [0.5, 0.6) is 0 Å². The maximum atomic E-state index is 9.98. The molecule has 0 unspecified atom stereocenters. The van der Waals surface area contributed by atoms with E-state index in [9.17, 15) is 4.79 Å². The monoisotopic (exact) mass is 245 g/mol. The van der Waals surface area contributed by atoms with E-state index in [1.54, 1.807) is 23.6 Å². The molecular weight excluding hydrogens is 234 g/mol. The van der Waals surface area contributed by atoms with Crippen LogP contribution in [0, 0.1) is 6.92 Å². The summed E-state index contributed by atoms with van der Waals surface area (Å²) in [5.41, 5.74) is 2.15. The average Bonchev–Trinajstić information content (AvgIpc) is 2.78. The van der Waals surface area contributed by atoms with Crippen LogP contribution in [0.4, 0.5) is 0 Å². The van der Waals surface area contributed by atoms with Gasteiger partial charge in [-0.05, 0) is 42.8 Å². The van der Waals surface area contributed by atoms with Crippen molar-refractivity contribution in [3.05, 3.63) is 47.3 Å². The van der Waals surface area contributed by atoms with Crippen LogP contribution in [0.2, 0.25) is 0 Å². The van der Waals surface area contributed by atoms with Crippen molar-refractivity contribution in [3.8, 4) is 10.4 Å². The number of carbonyl (C=O) groups is 1. The molecule has 0 radical (unpaired) electrons. The molecule has 2 rings (SSSR count). The molecule has 0 saturated carbocycles. The first kappa shape index (κ1) is 11.5. The number of pyridine rings is 1. The molecule has 0 aliphatic rings. The first-order valence-electron chi connectivity index (χ1n) is 5.08. The summed E-state index contributed by atoms with van der Waals surface area (Å²) in [5, 5.41) is 0. The second-order valence-electron chi connectivity index (χ2n) is 3.42. The Morgan fingerprint density at radius 2 is 2.24 bits per heavy atom. The molecule has 0 amide bonds. The van der Waals surface area contributed by atoms with Crippen molar-refractivity contribution in [2.24, 2.45) is 0 Å². The van der Waals surface area contributed by atoms with Gasteiger partial charge in [-0.2, -0.15) is 0 Å². The fourth-order valence-corrected chi connectivity index (χ4v) is 2.33. The molecular formula is C13H11NO2S. The lowest BCUT2D eigenvalue weighted by Crippen LogP contribution is -1.79. The molecule has 17 heavy (non-hydrogen) atoms. The number of thiophene rings is 1. The zero-order valence-electron chi connectivity index (χ0n) is 9.29.